The van der Waals surface area contributed by atoms with E-state index in [1.165, 1.54) is 33.4 Å². The van der Waals surface area contributed by atoms with Gasteiger partial charge in [0.15, 0.2) is 0 Å². The van der Waals surface area contributed by atoms with Crippen LogP contribution in [0.2, 0.25) is 0 Å². The van der Waals surface area contributed by atoms with E-state index in [0.717, 1.165) is 6.42 Å². The molecule has 0 radical (unpaired) electrons. The lowest BCUT2D eigenvalue weighted by Gasteiger charge is -2.14. The van der Waals surface area contributed by atoms with E-state index in [4.69, 9.17) is 11.6 Å². The van der Waals surface area contributed by atoms with Crippen molar-refractivity contribution in [2.45, 2.75) is 41.0 Å². The Morgan fingerprint density at radius 2 is 1.25 bits per heavy atom. The second-order valence-corrected chi connectivity index (χ2v) is 4.62. The fourth-order valence-electron chi connectivity index (χ4n) is 1.89. The first-order chi connectivity index (χ1) is 7.50. The van der Waals surface area contributed by atoms with Crippen LogP contribution in [0.15, 0.2) is 0 Å². The predicted molar refractivity (Wildman–Crippen MR) is 72.3 cm³/mol. The Kier molecular flexibility index (Phi) is 4.44. The van der Waals surface area contributed by atoms with E-state index in [1.54, 1.807) is 0 Å². The zero-order valence-electron chi connectivity index (χ0n) is 10.8. The maximum Gasteiger partial charge on any atom is 0.0333 e. The normalized spacial score (nSPS) is 9.88. The van der Waals surface area contributed by atoms with Gasteiger partial charge in [-0.05, 0) is 62.4 Å². The number of hydrogen-bond donors (Lipinski definition) is 0. The summed E-state index contributed by atoms with van der Waals surface area (Å²) in [4.78, 5) is 0. The van der Waals surface area contributed by atoms with Crippen LogP contribution >= 0.6 is 11.6 Å². The van der Waals surface area contributed by atoms with Crippen LogP contribution < -0.4 is 0 Å². The molecule has 86 valence electrons. The van der Waals surface area contributed by atoms with E-state index >= 15 is 0 Å². The smallest absolute Gasteiger partial charge is 0.0333 e. The van der Waals surface area contributed by atoms with Crippen LogP contribution in [0, 0.1) is 46.5 Å². The van der Waals surface area contributed by atoms with Gasteiger partial charge in [-0.15, -0.1) is 11.6 Å². The van der Waals surface area contributed by atoms with Crippen molar-refractivity contribution in [1.82, 2.24) is 0 Å². The molecule has 0 unspecified atom stereocenters. The molecule has 0 heterocycles. The maximum absolute atomic E-state index is 5.63. The molecule has 1 aromatic rings. The van der Waals surface area contributed by atoms with Crippen LogP contribution in [0.5, 0.6) is 0 Å². The minimum Gasteiger partial charge on any atom is -0.126 e. The number of rotatable bonds is 1. The van der Waals surface area contributed by atoms with Gasteiger partial charge in [-0.3, -0.25) is 0 Å². The number of hydrogen-bond acceptors (Lipinski definition) is 0. The second-order valence-electron chi connectivity index (χ2n) is 4.24. The molecule has 0 spiro atoms. The minimum absolute atomic E-state index is 0.606. The molecule has 0 N–H and O–H groups in total. The fourth-order valence-corrected chi connectivity index (χ4v) is 1.98. The molecule has 0 atom stereocenters. The second kappa shape index (κ2) is 5.41. The van der Waals surface area contributed by atoms with Crippen molar-refractivity contribution >= 4 is 11.6 Å². The summed E-state index contributed by atoms with van der Waals surface area (Å²) in [6, 6.07) is 0. The topological polar surface area (TPSA) is 0 Å². The molecule has 0 bridgehead atoms. The van der Waals surface area contributed by atoms with Gasteiger partial charge in [0.05, 0.1) is 0 Å². The third-order valence-electron chi connectivity index (χ3n) is 3.43. The Balaban J connectivity index is 3.36. The van der Waals surface area contributed by atoms with Gasteiger partial charge in [-0.2, -0.15) is 0 Å². The Bertz CT molecular complexity index is 430. The number of halogens is 1. The molecule has 0 aliphatic heterocycles. The van der Waals surface area contributed by atoms with Crippen LogP contribution in [-0.2, 0) is 0 Å². The van der Waals surface area contributed by atoms with E-state index in [9.17, 15) is 0 Å². The summed E-state index contributed by atoms with van der Waals surface area (Å²) in [5.74, 6) is 6.99. The first kappa shape index (κ1) is 13.1. The molecule has 0 nitrogen and oxygen atoms in total. The Morgan fingerprint density at radius 3 is 1.69 bits per heavy atom. The average Bonchev–Trinajstić information content (AvgIpc) is 2.28. The van der Waals surface area contributed by atoms with Crippen LogP contribution in [-0.4, -0.2) is 5.88 Å². The lowest BCUT2D eigenvalue weighted by atomic mass is 9.90. The SMILES string of the molecule is Cc1c(C)c(C)c(C#CCCCl)c(C)c1C. The quantitative estimate of drug-likeness (QED) is 0.505. The summed E-state index contributed by atoms with van der Waals surface area (Å²) >= 11 is 5.63. The maximum atomic E-state index is 5.63. The highest BCUT2D eigenvalue weighted by Crippen LogP contribution is 2.25. The lowest BCUT2D eigenvalue weighted by molar-refractivity contribution is 1.16. The summed E-state index contributed by atoms with van der Waals surface area (Å²) in [5, 5.41) is 0. The average molecular weight is 235 g/mol. The third kappa shape index (κ3) is 2.42. The molecule has 0 saturated carbocycles. The molecule has 1 heteroatoms. The van der Waals surface area contributed by atoms with Gasteiger partial charge in [-0.1, -0.05) is 11.8 Å². The zero-order valence-corrected chi connectivity index (χ0v) is 11.5. The standard InChI is InChI=1S/C15H19Cl/c1-10-11(2)13(4)15(8-6-7-9-16)14(5)12(10)3/h7,9H2,1-5H3. The molecule has 1 rings (SSSR count). The van der Waals surface area contributed by atoms with Gasteiger partial charge in [0, 0.05) is 17.9 Å². The van der Waals surface area contributed by atoms with E-state index in [0.29, 0.717) is 5.88 Å². The summed E-state index contributed by atoms with van der Waals surface area (Å²) in [6.45, 7) is 10.8. The molecule has 0 saturated heterocycles. The van der Waals surface area contributed by atoms with E-state index < -0.39 is 0 Å². The fraction of sp³-hybridized carbons (Fsp3) is 0.467. The van der Waals surface area contributed by atoms with E-state index in [2.05, 4.69) is 46.5 Å². The highest BCUT2D eigenvalue weighted by Gasteiger charge is 2.09. The van der Waals surface area contributed by atoms with Crippen molar-refractivity contribution < 1.29 is 0 Å². The van der Waals surface area contributed by atoms with Gasteiger partial charge in [-0.25, -0.2) is 0 Å². The molecular weight excluding hydrogens is 216 g/mol. The van der Waals surface area contributed by atoms with Gasteiger partial charge in [0.1, 0.15) is 0 Å². The first-order valence-corrected chi connectivity index (χ1v) is 6.16. The molecule has 1 aromatic carbocycles. The minimum atomic E-state index is 0.606. The summed E-state index contributed by atoms with van der Waals surface area (Å²) in [6.07, 6.45) is 0.756. The van der Waals surface area contributed by atoms with E-state index in [-0.39, 0.29) is 0 Å². The number of alkyl halides is 1. The summed E-state index contributed by atoms with van der Waals surface area (Å²) in [5.41, 5.74) is 7.91. The van der Waals surface area contributed by atoms with Crippen molar-refractivity contribution in [3.63, 3.8) is 0 Å². The van der Waals surface area contributed by atoms with Crippen LogP contribution in [0.3, 0.4) is 0 Å². The van der Waals surface area contributed by atoms with Crippen molar-refractivity contribution in [3.05, 3.63) is 33.4 Å². The molecule has 0 aromatic heterocycles. The molecule has 0 fully saturated rings. The van der Waals surface area contributed by atoms with Gasteiger partial charge in [0.25, 0.3) is 0 Å². The first-order valence-electron chi connectivity index (χ1n) is 5.62. The molecular formula is C15H19Cl. The van der Waals surface area contributed by atoms with Crippen LogP contribution in [0.25, 0.3) is 0 Å². The number of benzene rings is 1. The predicted octanol–water partition coefficient (Wildman–Crippen LogP) is 4.21. The summed E-state index contributed by atoms with van der Waals surface area (Å²) in [7, 11) is 0. The third-order valence-corrected chi connectivity index (χ3v) is 3.62. The van der Waals surface area contributed by atoms with Gasteiger partial charge >= 0.3 is 0 Å². The molecule has 0 aliphatic rings. The highest BCUT2D eigenvalue weighted by atomic mass is 35.5. The van der Waals surface area contributed by atoms with Crippen molar-refractivity contribution in [2.24, 2.45) is 0 Å². The lowest BCUT2D eigenvalue weighted by Crippen LogP contribution is -1.99. The highest BCUT2D eigenvalue weighted by molar-refractivity contribution is 6.18. The van der Waals surface area contributed by atoms with Crippen molar-refractivity contribution in [3.8, 4) is 11.8 Å². The van der Waals surface area contributed by atoms with Gasteiger partial charge < -0.3 is 0 Å². The Labute approximate surface area is 104 Å². The Hall–Kier alpha value is -0.930. The van der Waals surface area contributed by atoms with E-state index in [1.807, 2.05) is 0 Å². The molecule has 0 aliphatic carbocycles. The van der Waals surface area contributed by atoms with Crippen molar-refractivity contribution in [1.29, 1.82) is 0 Å². The zero-order chi connectivity index (χ0) is 12.3. The largest absolute Gasteiger partial charge is 0.126 e. The van der Waals surface area contributed by atoms with Crippen LogP contribution in [0.4, 0.5) is 0 Å². The van der Waals surface area contributed by atoms with Crippen molar-refractivity contribution in [2.75, 3.05) is 5.88 Å². The van der Waals surface area contributed by atoms with Gasteiger partial charge in [0.2, 0.25) is 0 Å². The summed E-state index contributed by atoms with van der Waals surface area (Å²) < 4.78 is 0. The molecule has 16 heavy (non-hydrogen) atoms. The monoisotopic (exact) mass is 234 g/mol. The molecule has 0 amide bonds. The van der Waals surface area contributed by atoms with Crippen LogP contribution in [0.1, 0.15) is 39.8 Å². The Morgan fingerprint density at radius 1 is 0.812 bits per heavy atom.